The molecule has 2 aliphatic heterocycles. The SMILES string of the molecule is O=C(O)c1coc(N2CCN3CCCCC3C2)n1. The summed E-state index contributed by atoms with van der Waals surface area (Å²) in [5, 5.41) is 8.83. The Morgan fingerprint density at radius 3 is 3.06 bits per heavy atom. The number of aromatic carboxylic acids is 1. The van der Waals surface area contributed by atoms with Crippen LogP contribution in [0.1, 0.15) is 29.8 Å². The number of oxazole rings is 1. The molecule has 0 saturated carbocycles. The molecule has 1 N–H and O–H groups in total. The average molecular weight is 251 g/mol. The van der Waals surface area contributed by atoms with Crippen molar-refractivity contribution in [1.82, 2.24) is 9.88 Å². The van der Waals surface area contributed by atoms with Crippen molar-refractivity contribution >= 4 is 12.0 Å². The van der Waals surface area contributed by atoms with Gasteiger partial charge in [0.15, 0.2) is 5.69 Å². The van der Waals surface area contributed by atoms with Crippen molar-refractivity contribution in [3.8, 4) is 0 Å². The minimum atomic E-state index is -1.04. The number of carboxylic acid groups (broad SMARTS) is 1. The Bertz CT molecular complexity index is 446. The maximum Gasteiger partial charge on any atom is 0.357 e. The summed E-state index contributed by atoms with van der Waals surface area (Å²) in [4.78, 5) is 19.4. The quantitative estimate of drug-likeness (QED) is 0.847. The number of anilines is 1. The predicted molar refractivity (Wildman–Crippen MR) is 64.9 cm³/mol. The molecule has 18 heavy (non-hydrogen) atoms. The summed E-state index contributed by atoms with van der Waals surface area (Å²) in [6.45, 7) is 3.94. The number of rotatable bonds is 2. The van der Waals surface area contributed by atoms with Gasteiger partial charge in [-0.2, -0.15) is 4.98 Å². The first-order valence-electron chi connectivity index (χ1n) is 6.42. The molecule has 1 atom stereocenters. The van der Waals surface area contributed by atoms with Crippen LogP contribution < -0.4 is 4.90 Å². The fourth-order valence-corrected chi connectivity index (χ4v) is 2.84. The molecule has 6 heteroatoms. The molecule has 2 fully saturated rings. The molecule has 0 aromatic carbocycles. The van der Waals surface area contributed by atoms with Crippen molar-refractivity contribution < 1.29 is 14.3 Å². The first kappa shape index (κ1) is 11.5. The van der Waals surface area contributed by atoms with Gasteiger partial charge in [0.25, 0.3) is 6.01 Å². The minimum absolute atomic E-state index is 0.0175. The molecule has 0 radical (unpaired) electrons. The molecule has 3 rings (SSSR count). The Morgan fingerprint density at radius 2 is 2.28 bits per heavy atom. The fourth-order valence-electron chi connectivity index (χ4n) is 2.84. The Kier molecular flexibility index (Phi) is 2.95. The van der Waals surface area contributed by atoms with E-state index in [1.807, 2.05) is 0 Å². The normalized spacial score (nSPS) is 24.9. The number of hydrogen-bond donors (Lipinski definition) is 1. The number of nitrogens with zero attached hydrogens (tertiary/aromatic N) is 3. The molecule has 98 valence electrons. The van der Waals surface area contributed by atoms with Gasteiger partial charge >= 0.3 is 5.97 Å². The molecule has 1 aromatic rings. The Labute approximate surface area is 105 Å². The topological polar surface area (TPSA) is 69.8 Å². The monoisotopic (exact) mass is 251 g/mol. The third-order valence-electron chi connectivity index (χ3n) is 3.82. The lowest BCUT2D eigenvalue weighted by Gasteiger charge is -2.43. The third kappa shape index (κ3) is 2.08. The highest BCUT2D eigenvalue weighted by atomic mass is 16.4. The summed E-state index contributed by atoms with van der Waals surface area (Å²) in [5.41, 5.74) is -0.0175. The zero-order valence-electron chi connectivity index (χ0n) is 10.2. The molecule has 3 heterocycles. The zero-order valence-corrected chi connectivity index (χ0v) is 10.2. The van der Waals surface area contributed by atoms with E-state index in [0.717, 1.165) is 19.6 Å². The molecule has 2 saturated heterocycles. The van der Waals surface area contributed by atoms with Crippen LogP contribution in [0, 0.1) is 0 Å². The van der Waals surface area contributed by atoms with Crippen LogP contribution in [0.3, 0.4) is 0 Å². The van der Waals surface area contributed by atoms with Gasteiger partial charge in [0, 0.05) is 25.7 Å². The highest BCUT2D eigenvalue weighted by Crippen LogP contribution is 2.24. The van der Waals surface area contributed by atoms with Crippen LogP contribution in [-0.2, 0) is 0 Å². The molecule has 2 aliphatic rings. The Balaban J connectivity index is 1.71. The number of carboxylic acids is 1. The highest BCUT2D eigenvalue weighted by Gasteiger charge is 2.30. The average Bonchev–Trinajstić information content (AvgIpc) is 2.88. The number of aromatic nitrogens is 1. The standard InChI is InChI=1S/C12H17N3O3/c16-11(17)10-8-18-12(13-10)15-6-5-14-4-2-1-3-9(14)7-15/h8-9H,1-7H2,(H,16,17). The van der Waals surface area contributed by atoms with E-state index in [1.54, 1.807) is 0 Å². The van der Waals surface area contributed by atoms with Gasteiger partial charge < -0.3 is 14.4 Å². The largest absolute Gasteiger partial charge is 0.476 e. The Hall–Kier alpha value is -1.56. The van der Waals surface area contributed by atoms with Crippen LogP contribution in [0.2, 0.25) is 0 Å². The van der Waals surface area contributed by atoms with Gasteiger partial charge in [0.2, 0.25) is 0 Å². The highest BCUT2D eigenvalue weighted by molar-refractivity contribution is 5.85. The van der Waals surface area contributed by atoms with Gasteiger partial charge in [-0.1, -0.05) is 6.42 Å². The molecule has 1 unspecified atom stereocenters. The van der Waals surface area contributed by atoms with Gasteiger partial charge in [-0.15, -0.1) is 0 Å². The summed E-state index contributed by atoms with van der Waals surface area (Å²) in [6, 6.07) is 1.00. The predicted octanol–water partition coefficient (Wildman–Crippen LogP) is 1.05. The lowest BCUT2D eigenvalue weighted by Crippen LogP contribution is -2.55. The van der Waals surface area contributed by atoms with Crippen molar-refractivity contribution in [2.24, 2.45) is 0 Å². The maximum atomic E-state index is 10.8. The number of hydrogen-bond acceptors (Lipinski definition) is 5. The van der Waals surface area contributed by atoms with Crippen LogP contribution in [0.4, 0.5) is 6.01 Å². The van der Waals surface area contributed by atoms with Crippen molar-refractivity contribution in [3.63, 3.8) is 0 Å². The fraction of sp³-hybridized carbons (Fsp3) is 0.667. The van der Waals surface area contributed by atoms with E-state index in [-0.39, 0.29) is 5.69 Å². The van der Waals surface area contributed by atoms with E-state index in [9.17, 15) is 4.79 Å². The Morgan fingerprint density at radius 1 is 1.39 bits per heavy atom. The summed E-state index contributed by atoms with van der Waals surface area (Å²) >= 11 is 0. The third-order valence-corrected chi connectivity index (χ3v) is 3.82. The smallest absolute Gasteiger partial charge is 0.357 e. The lowest BCUT2D eigenvalue weighted by atomic mass is 10.00. The zero-order chi connectivity index (χ0) is 12.5. The summed E-state index contributed by atoms with van der Waals surface area (Å²) in [6.07, 6.45) is 4.99. The number of piperazine rings is 1. The van der Waals surface area contributed by atoms with Crippen LogP contribution in [0.15, 0.2) is 10.7 Å². The maximum absolute atomic E-state index is 10.8. The van der Waals surface area contributed by atoms with E-state index in [2.05, 4.69) is 14.8 Å². The first-order chi connectivity index (χ1) is 8.74. The van der Waals surface area contributed by atoms with Crippen LogP contribution in [0.25, 0.3) is 0 Å². The van der Waals surface area contributed by atoms with E-state index >= 15 is 0 Å². The molecule has 0 spiro atoms. The first-order valence-corrected chi connectivity index (χ1v) is 6.42. The molecule has 6 nitrogen and oxygen atoms in total. The summed E-state index contributed by atoms with van der Waals surface area (Å²) < 4.78 is 5.26. The second kappa shape index (κ2) is 4.61. The lowest BCUT2D eigenvalue weighted by molar-refractivity contribution is 0.0690. The molecular formula is C12H17N3O3. The van der Waals surface area contributed by atoms with Crippen molar-refractivity contribution in [2.75, 3.05) is 31.1 Å². The second-order valence-electron chi connectivity index (χ2n) is 4.95. The van der Waals surface area contributed by atoms with Gasteiger partial charge in [0.1, 0.15) is 6.26 Å². The summed E-state index contributed by atoms with van der Waals surface area (Å²) in [5.74, 6) is -1.04. The molecule has 0 bridgehead atoms. The van der Waals surface area contributed by atoms with E-state index in [1.165, 1.54) is 32.1 Å². The van der Waals surface area contributed by atoms with Gasteiger partial charge in [-0.25, -0.2) is 4.79 Å². The molecule has 1 aromatic heterocycles. The van der Waals surface area contributed by atoms with Gasteiger partial charge in [-0.05, 0) is 19.4 Å². The number of fused-ring (bicyclic) bond motifs is 1. The van der Waals surface area contributed by atoms with Gasteiger partial charge in [0.05, 0.1) is 0 Å². The summed E-state index contributed by atoms with van der Waals surface area (Å²) in [7, 11) is 0. The minimum Gasteiger partial charge on any atom is -0.476 e. The van der Waals surface area contributed by atoms with Gasteiger partial charge in [-0.3, -0.25) is 4.90 Å². The van der Waals surface area contributed by atoms with Crippen molar-refractivity contribution in [2.45, 2.75) is 25.3 Å². The van der Waals surface area contributed by atoms with Crippen molar-refractivity contribution in [3.05, 3.63) is 12.0 Å². The van der Waals surface area contributed by atoms with Crippen LogP contribution in [0.5, 0.6) is 0 Å². The number of carbonyl (C=O) groups is 1. The van der Waals surface area contributed by atoms with E-state index < -0.39 is 5.97 Å². The molecule has 0 amide bonds. The second-order valence-corrected chi connectivity index (χ2v) is 4.95. The van der Waals surface area contributed by atoms with E-state index in [0.29, 0.717) is 12.1 Å². The van der Waals surface area contributed by atoms with Crippen LogP contribution >= 0.6 is 0 Å². The molecule has 0 aliphatic carbocycles. The molecular weight excluding hydrogens is 234 g/mol. The van der Waals surface area contributed by atoms with Crippen molar-refractivity contribution in [1.29, 1.82) is 0 Å². The van der Waals surface area contributed by atoms with E-state index in [4.69, 9.17) is 9.52 Å². The van der Waals surface area contributed by atoms with Crippen LogP contribution in [-0.4, -0.2) is 53.2 Å². The number of piperidine rings is 1.